The molecule has 9 N–H and O–H groups in total. The van der Waals surface area contributed by atoms with E-state index < -0.39 is 17.5 Å². The van der Waals surface area contributed by atoms with Gasteiger partial charge in [0.1, 0.15) is 11.5 Å². The molecule has 2 aromatic heterocycles. The zero-order chi connectivity index (χ0) is 32.5. The number of nitrogens with two attached hydrogens (primary N) is 3. The van der Waals surface area contributed by atoms with Gasteiger partial charge in [-0.15, -0.1) is 0 Å². The second-order valence-electron chi connectivity index (χ2n) is 11.5. The highest BCUT2D eigenvalue weighted by Crippen LogP contribution is 2.31. The first-order valence-electron chi connectivity index (χ1n) is 15.5. The van der Waals surface area contributed by atoms with Gasteiger partial charge in [0, 0.05) is 35.8 Å². The van der Waals surface area contributed by atoms with E-state index in [9.17, 15) is 4.79 Å². The van der Waals surface area contributed by atoms with Crippen molar-refractivity contribution in [1.29, 1.82) is 0 Å². The zero-order valence-electron chi connectivity index (χ0n) is 25.9. The Morgan fingerprint density at radius 2 is 1.93 bits per heavy atom. The van der Waals surface area contributed by atoms with Crippen molar-refractivity contribution in [3.8, 4) is 16.9 Å². The third-order valence-corrected chi connectivity index (χ3v) is 8.03. The molecule has 0 aliphatic carbocycles. The van der Waals surface area contributed by atoms with E-state index in [4.69, 9.17) is 33.9 Å². The van der Waals surface area contributed by atoms with Crippen molar-refractivity contribution < 1.29 is 9.50 Å². The van der Waals surface area contributed by atoms with Crippen molar-refractivity contribution in [3.63, 3.8) is 0 Å². The first kappa shape index (κ1) is 34.3. The van der Waals surface area contributed by atoms with E-state index in [1.54, 1.807) is 24.4 Å². The molecule has 2 heterocycles. The summed E-state index contributed by atoms with van der Waals surface area (Å²) >= 11 is 6.25. The van der Waals surface area contributed by atoms with E-state index in [0.29, 0.717) is 34.5 Å². The number of aliphatic imine (C=N–C) groups is 1. The van der Waals surface area contributed by atoms with Crippen molar-refractivity contribution in [2.75, 3.05) is 19.7 Å². The van der Waals surface area contributed by atoms with Crippen molar-refractivity contribution in [1.82, 2.24) is 19.9 Å². The van der Waals surface area contributed by atoms with Crippen LogP contribution in [0.3, 0.4) is 0 Å². The molecular formula is C33H44ClFN8O2. The van der Waals surface area contributed by atoms with Crippen LogP contribution in [-0.4, -0.2) is 57.3 Å². The fourth-order valence-electron chi connectivity index (χ4n) is 5.25. The second-order valence-corrected chi connectivity index (χ2v) is 11.9. The molecule has 2 aromatic carbocycles. The van der Waals surface area contributed by atoms with Gasteiger partial charge in [0.05, 0.1) is 29.1 Å². The minimum absolute atomic E-state index is 0.0476. The summed E-state index contributed by atoms with van der Waals surface area (Å²) < 4.78 is 16.6. The lowest BCUT2D eigenvalue weighted by Gasteiger charge is -2.19. The number of aliphatic hydroxyl groups is 1. The highest BCUT2D eigenvalue weighted by Gasteiger charge is 2.16. The summed E-state index contributed by atoms with van der Waals surface area (Å²) in [7, 11) is 0. The van der Waals surface area contributed by atoms with E-state index >= 15 is 4.39 Å². The minimum atomic E-state index is -0.632. The smallest absolute Gasteiger partial charge is 0.354 e. The Labute approximate surface area is 267 Å². The van der Waals surface area contributed by atoms with E-state index in [1.165, 1.54) is 4.57 Å². The Morgan fingerprint density at radius 3 is 2.62 bits per heavy atom. The molecule has 0 fully saturated rings. The van der Waals surface area contributed by atoms with Crippen molar-refractivity contribution in [3.05, 3.63) is 81.1 Å². The Balaban J connectivity index is 1.50. The molecule has 242 valence electrons. The van der Waals surface area contributed by atoms with Crippen LogP contribution in [0.5, 0.6) is 0 Å². The van der Waals surface area contributed by atoms with Crippen LogP contribution in [0, 0.1) is 5.82 Å². The SMILES string of the molecule is CCCC(NCCCN=C(N)C(N)CO)c1ccc(-n2cc3cc(-c4cc(CCCC(C)N)cc(Cl)c4F)[nH]c3nc2=O)cc1. The summed E-state index contributed by atoms with van der Waals surface area (Å²) in [5.74, 6) is -0.269. The van der Waals surface area contributed by atoms with E-state index in [0.717, 1.165) is 56.2 Å². The summed E-state index contributed by atoms with van der Waals surface area (Å²) in [5, 5.41) is 13.4. The van der Waals surface area contributed by atoms with E-state index in [1.807, 2.05) is 31.2 Å². The summed E-state index contributed by atoms with van der Waals surface area (Å²) in [4.78, 5) is 24.6. The number of amidine groups is 1. The van der Waals surface area contributed by atoms with E-state index in [2.05, 4.69) is 27.2 Å². The van der Waals surface area contributed by atoms with Gasteiger partial charge in [0.15, 0.2) is 5.82 Å². The first-order valence-corrected chi connectivity index (χ1v) is 15.8. The number of fused-ring (bicyclic) bond motifs is 1. The predicted molar refractivity (Wildman–Crippen MR) is 181 cm³/mol. The Morgan fingerprint density at radius 1 is 1.18 bits per heavy atom. The molecule has 0 radical (unpaired) electrons. The number of rotatable bonds is 16. The van der Waals surface area contributed by atoms with Gasteiger partial charge >= 0.3 is 5.69 Å². The van der Waals surface area contributed by atoms with Crippen LogP contribution in [0.4, 0.5) is 4.39 Å². The standard InChI is InChI=1S/C33H44ClFN8O2/c1-3-6-28(39-13-5-14-40-31(38)27(37)19-44)22-9-11-24(12-10-22)43-18-23-17-29(41-32(23)42-33(43)45)25-15-21(8-4-7-20(2)36)16-26(34)30(25)35/h9-12,15-18,20,27-28,39,44H,3-8,13-14,19,36-37H2,1-2H3,(H2,38,40)(H,41,42,45). The average molecular weight is 639 g/mol. The minimum Gasteiger partial charge on any atom is -0.394 e. The molecule has 0 bridgehead atoms. The Hall–Kier alpha value is -3.61. The molecule has 12 heteroatoms. The maximum absolute atomic E-state index is 15.1. The maximum atomic E-state index is 15.1. The number of aryl methyl sites for hydroxylation is 1. The molecule has 4 rings (SSSR count). The predicted octanol–water partition coefficient (Wildman–Crippen LogP) is 4.34. The number of aromatic amines is 1. The topological polar surface area (TPSA) is 173 Å². The van der Waals surface area contributed by atoms with Gasteiger partial charge in [-0.05, 0) is 87.0 Å². The molecule has 10 nitrogen and oxygen atoms in total. The number of hydrogen-bond acceptors (Lipinski definition) is 7. The number of benzene rings is 2. The van der Waals surface area contributed by atoms with Crippen LogP contribution < -0.4 is 28.2 Å². The lowest BCUT2D eigenvalue weighted by molar-refractivity contribution is 0.289. The number of H-pyrrole nitrogens is 1. The second kappa shape index (κ2) is 16.1. The third-order valence-electron chi connectivity index (χ3n) is 7.76. The highest BCUT2D eigenvalue weighted by molar-refractivity contribution is 6.31. The first-order chi connectivity index (χ1) is 21.6. The molecule has 45 heavy (non-hydrogen) atoms. The average Bonchev–Trinajstić information content (AvgIpc) is 3.43. The molecule has 4 aromatic rings. The summed E-state index contributed by atoms with van der Waals surface area (Å²) in [6, 6.07) is 12.6. The number of hydrogen-bond donors (Lipinski definition) is 6. The lowest BCUT2D eigenvalue weighted by atomic mass is 10.0. The number of halogens is 2. The Bertz CT molecular complexity index is 1650. The van der Waals surface area contributed by atoms with Gasteiger partial charge in [-0.1, -0.05) is 37.1 Å². The summed E-state index contributed by atoms with van der Waals surface area (Å²) in [5.41, 5.74) is 20.8. The maximum Gasteiger partial charge on any atom is 0.354 e. The monoisotopic (exact) mass is 638 g/mol. The Kier molecular flexibility index (Phi) is 12.3. The van der Waals surface area contributed by atoms with Crippen LogP contribution in [0.25, 0.3) is 28.0 Å². The van der Waals surface area contributed by atoms with Gasteiger partial charge in [-0.25, -0.2) is 9.18 Å². The molecule has 0 saturated carbocycles. The van der Waals surface area contributed by atoms with Crippen molar-refractivity contribution >= 4 is 28.5 Å². The van der Waals surface area contributed by atoms with Crippen LogP contribution in [0.15, 0.2) is 58.4 Å². The molecule has 0 aliphatic rings. The largest absolute Gasteiger partial charge is 0.394 e. The summed E-state index contributed by atoms with van der Waals surface area (Å²) in [6.45, 7) is 5.11. The third kappa shape index (κ3) is 8.99. The van der Waals surface area contributed by atoms with E-state index in [-0.39, 0.29) is 29.5 Å². The molecule has 0 spiro atoms. The lowest BCUT2D eigenvalue weighted by Crippen LogP contribution is -2.39. The summed E-state index contributed by atoms with van der Waals surface area (Å²) in [6.07, 6.45) is 6.87. The van der Waals surface area contributed by atoms with Crippen LogP contribution in [0.1, 0.15) is 63.1 Å². The number of aromatic nitrogens is 3. The quantitative estimate of drug-likeness (QED) is 0.0601. The normalized spacial score (nSPS) is 14.2. The van der Waals surface area contributed by atoms with Crippen LogP contribution >= 0.6 is 11.6 Å². The molecule has 0 saturated heterocycles. The van der Waals surface area contributed by atoms with Crippen LogP contribution in [0.2, 0.25) is 5.02 Å². The van der Waals surface area contributed by atoms with Gasteiger partial charge < -0.3 is 32.6 Å². The van der Waals surface area contributed by atoms with Crippen LogP contribution in [-0.2, 0) is 6.42 Å². The molecule has 3 atom stereocenters. The van der Waals surface area contributed by atoms with Crippen molar-refractivity contribution in [2.45, 2.75) is 70.5 Å². The molecular weight excluding hydrogens is 595 g/mol. The van der Waals surface area contributed by atoms with Gasteiger partial charge in [-0.2, -0.15) is 4.98 Å². The fourth-order valence-corrected chi connectivity index (χ4v) is 5.50. The van der Waals surface area contributed by atoms with Crippen molar-refractivity contribution in [2.24, 2.45) is 22.2 Å². The number of nitrogens with one attached hydrogen (secondary N) is 2. The van der Waals surface area contributed by atoms with Gasteiger partial charge in [0.25, 0.3) is 0 Å². The highest BCUT2D eigenvalue weighted by atomic mass is 35.5. The number of aliphatic hydroxyl groups excluding tert-OH is 1. The van der Waals surface area contributed by atoms with Gasteiger partial charge in [-0.3, -0.25) is 9.56 Å². The zero-order valence-corrected chi connectivity index (χ0v) is 26.7. The molecule has 0 amide bonds. The fraction of sp³-hybridized carbons (Fsp3) is 0.424. The number of nitrogens with zero attached hydrogens (tertiary/aromatic N) is 3. The molecule has 3 unspecified atom stereocenters. The van der Waals surface area contributed by atoms with Gasteiger partial charge in [0.2, 0.25) is 0 Å². The molecule has 0 aliphatic heterocycles.